The van der Waals surface area contributed by atoms with Gasteiger partial charge in [-0.25, -0.2) is 0 Å². The third-order valence-corrected chi connectivity index (χ3v) is 13.1. The number of methoxy groups -OCH3 is 1. The van der Waals surface area contributed by atoms with Crippen LogP contribution in [0.3, 0.4) is 0 Å². The molecule has 0 radical (unpaired) electrons. The topological polar surface area (TPSA) is 126 Å². The molecular formula is C36H60O8. The van der Waals surface area contributed by atoms with Crippen LogP contribution in [0.4, 0.5) is 0 Å². The molecule has 44 heavy (non-hydrogen) atoms. The van der Waals surface area contributed by atoms with E-state index in [4.69, 9.17) is 14.2 Å². The van der Waals surface area contributed by atoms with E-state index in [1.54, 1.807) is 0 Å². The predicted octanol–water partition coefficient (Wildman–Crippen LogP) is 5.31. The van der Waals surface area contributed by atoms with Gasteiger partial charge < -0.3 is 34.6 Å². The Balaban J connectivity index is 1.78. The van der Waals surface area contributed by atoms with Crippen LogP contribution >= 0.6 is 0 Å². The van der Waals surface area contributed by atoms with Gasteiger partial charge in [0.15, 0.2) is 6.29 Å². The van der Waals surface area contributed by atoms with Crippen molar-refractivity contribution in [2.45, 2.75) is 143 Å². The summed E-state index contributed by atoms with van der Waals surface area (Å²) in [5.74, 6) is 0.121. The first-order valence-electron chi connectivity index (χ1n) is 16.8. The van der Waals surface area contributed by atoms with Crippen LogP contribution in [0.15, 0.2) is 23.8 Å². The van der Waals surface area contributed by atoms with Crippen molar-refractivity contribution < 1.29 is 39.4 Å². The first kappa shape index (κ1) is 35.6. The molecular weight excluding hydrogens is 560 g/mol. The highest BCUT2D eigenvalue weighted by Gasteiger charge is 2.70. The molecule has 8 heteroatoms. The maximum absolute atomic E-state index is 12.5. The van der Waals surface area contributed by atoms with E-state index in [0.29, 0.717) is 25.7 Å². The summed E-state index contributed by atoms with van der Waals surface area (Å²) in [7, 11) is 1.44. The molecule has 4 fully saturated rings. The lowest BCUT2D eigenvalue weighted by atomic mass is 9.37. The normalized spacial score (nSPS) is 45.0. The Hall–Kier alpha value is -1.29. The zero-order valence-corrected chi connectivity index (χ0v) is 28.5. The molecule has 0 bridgehead atoms. The van der Waals surface area contributed by atoms with E-state index in [1.807, 2.05) is 6.92 Å². The molecule has 13 atom stereocenters. The Morgan fingerprint density at radius 1 is 1.07 bits per heavy atom. The number of carbonyl (C=O) groups excluding carboxylic acids is 1. The van der Waals surface area contributed by atoms with Crippen LogP contribution in [-0.2, 0) is 19.0 Å². The molecule has 8 nitrogen and oxygen atoms in total. The van der Waals surface area contributed by atoms with Gasteiger partial charge in [-0.2, -0.15) is 0 Å². The Morgan fingerprint density at radius 3 is 2.34 bits per heavy atom. The molecule has 3 aliphatic carbocycles. The fourth-order valence-electron chi connectivity index (χ4n) is 10.5. The zero-order chi connectivity index (χ0) is 32.8. The highest BCUT2D eigenvalue weighted by Crippen LogP contribution is 2.74. The van der Waals surface area contributed by atoms with Crippen molar-refractivity contribution in [2.75, 3.05) is 13.7 Å². The van der Waals surface area contributed by atoms with Crippen LogP contribution in [0.2, 0.25) is 0 Å². The van der Waals surface area contributed by atoms with Gasteiger partial charge in [-0.3, -0.25) is 4.79 Å². The van der Waals surface area contributed by atoms with Crippen molar-refractivity contribution in [3.63, 3.8) is 0 Å². The SMILES string of the molecule is C=C(C)C1CC[C@]2(C)[C@H](C[C@@H](O[C@@H]3OC[C@@H](O)[C@H](O)[C@H]3O)C3[C@@H]([C@@](C)(O)CCC=C(C)C)CC[C@]32C)[C@@]1(C)CCC(=O)OC. The maximum atomic E-state index is 12.5. The van der Waals surface area contributed by atoms with Crippen LogP contribution in [-0.4, -0.2) is 76.4 Å². The number of hydrogen-bond acceptors (Lipinski definition) is 8. The number of esters is 1. The standard InChI is InChI=1S/C36H60O8/c1-21(2)11-10-15-36(8,41)24-13-18-35(7)29(24)26(44-32-31(40)30(39)25(37)20-43-32)19-27-33(5,16-14-28(38)42-9)23(22(3)4)12-17-34(27,35)6/h11,23-27,29-32,37,39-41H,3,10,12-20H2,1-2,4-9H3/t23?,24-,25+,26+,27+,29?,30-,31+,32-,33-,34+,35+,36-/m0/s1. The Labute approximate surface area is 265 Å². The quantitative estimate of drug-likeness (QED) is 0.147. The summed E-state index contributed by atoms with van der Waals surface area (Å²) in [6.45, 7) is 19.6. The zero-order valence-electron chi connectivity index (χ0n) is 28.5. The van der Waals surface area contributed by atoms with Gasteiger partial charge in [0.25, 0.3) is 0 Å². The lowest BCUT2D eigenvalue weighted by molar-refractivity contribution is -0.312. The molecule has 1 heterocycles. The van der Waals surface area contributed by atoms with Crippen LogP contribution in [0, 0.1) is 39.9 Å². The van der Waals surface area contributed by atoms with Crippen molar-refractivity contribution in [2.24, 2.45) is 39.9 Å². The Morgan fingerprint density at radius 2 is 1.73 bits per heavy atom. The minimum atomic E-state index is -1.39. The van der Waals surface area contributed by atoms with E-state index in [-0.39, 0.29) is 58.6 Å². The number of allylic oxidation sites excluding steroid dienone is 3. The maximum Gasteiger partial charge on any atom is 0.305 e. The lowest BCUT2D eigenvalue weighted by Gasteiger charge is -2.68. The summed E-state index contributed by atoms with van der Waals surface area (Å²) < 4.78 is 17.6. The highest BCUT2D eigenvalue weighted by atomic mass is 16.7. The number of fused-ring (bicyclic) bond motifs is 3. The monoisotopic (exact) mass is 620 g/mol. The minimum absolute atomic E-state index is 0.0171. The third-order valence-electron chi connectivity index (χ3n) is 13.1. The van der Waals surface area contributed by atoms with Gasteiger partial charge in [0.2, 0.25) is 0 Å². The van der Waals surface area contributed by atoms with E-state index in [2.05, 4.69) is 54.2 Å². The average molecular weight is 621 g/mol. The average Bonchev–Trinajstić information content (AvgIpc) is 3.33. The molecule has 0 aromatic heterocycles. The summed E-state index contributed by atoms with van der Waals surface area (Å²) >= 11 is 0. The Kier molecular flexibility index (Phi) is 10.6. The predicted molar refractivity (Wildman–Crippen MR) is 169 cm³/mol. The van der Waals surface area contributed by atoms with Crippen molar-refractivity contribution in [3.8, 4) is 0 Å². The molecule has 0 spiro atoms. The van der Waals surface area contributed by atoms with Gasteiger partial charge in [0, 0.05) is 6.42 Å². The summed E-state index contributed by atoms with van der Waals surface area (Å²) in [6, 6.07) is 0. The molecule has 4 N–H and O–H groups in total. The largest absolute Gasteiger partial charge is 0.469 e. The van der Waals surface area contributed by atoms with Gasteiger partial charge in [-0.15, -0.1) is 0 Å². The van der Waals surface area contributed by atoms with Crippen LogP contribution in [0.5, 0.6) is 0 Å². The van der Waals surface area contributed by atoms with E-state index >= 15 is 0 Å². The number of aliphatic hydroxyl groups is 4. The molecule has 2 unspecified atom stereocenters. The number of ether oxygens (including phenoxy) is 3. The Bertz CT molecular complexity index is 1080. The van der Waals surface area contributed by atoms with Crippen LogP contribution < -0.4 is 0 Å². The fourth-order valence-corrected chi connectivity index (χ4v) is 10.5. The first-order valence-corrected chi connectivity index (χ1v) is 16.8. The van der Waals surface area contributed by atoms with Crippen molar-refractivity contribution >= 4 is 5.97 Å². The molecule has 4 aliphatic rings. The van der Waals surface area contributed by atoms with Gasteiger partial charge in [0.05, 0.1) is 25.4 Å². The molecule has 252 valence electrons. The molecule has 0 aromatic carbocycles. The van der Waals surface area contributed by atoms with E-state index in [9.17, 15) is 25.2 Å². The molecule has 1 saturated heterocycles. The van der Waals surface area contributed by atoms with Crippen molar-refractivity contribution in [1.29, 1.82) is 0 Å². The molecule has 0 aromatic rings. The van der Waals surface area contributed by atoms with Gasteiger partial charge in [-0.05, 0) is 119 Å². The second kappa shape index (κ2) is 13.1. The number of carbonyl (C=O) groups is 1. The molecule has 3 saturated carbocycles. The second-order valence-electron chi connectivity index (χ2n) is 15.9. The second-order valence-corrected chi connectivity index (χ2v) is 15.9. The highest BCUT2D eigenvalue weighted by molar-refractivity contribution is 5.69. The third kappa shape index (κ3) is 6.21. The van der Waals surface area contributed by atoms with Gasteiger partial charge in [0.1, 0.15) is 18.3 Å². The first-order chi connectivity index (χ1) is 20.4. The van der Waals surface area contributed by atoms with Gasteiger partial charge in [-0.1, -0.05) is 44.6 Å². The fraction of sp³-hybridized carbons (Fsp3) is 0.861. The molecule has 4 rings (SSSR count). The minimum Gasteiger partial charge on any atom is -0.469 e. The summed E-state index contributed by atoms with van der Waals surface area (Å²) in [6.07, 6.45) is 3.68. The summed E-state index contributed by atoms with van der Waals surface area (Å²) in [4.78, 5) is 12.5. The van der Waals surface area contributed by atoms with Crippen LogP contribution in [0.25, 0.3) is 0 Å². The lowest BCUT2D eigenvalue weighted by Crippen LogP contribution is -2.65. The molecule has 1 aliphatic heterocycles. The summed E-state index contributed by atoms with van der Waals surface area (Å²) in [5.41, 5.74) is 0.879. The van der Waals surface area contributed by atoms with Crippen molar-refractivity contribution in [1.82, 2.24) is 0 Å². The van der Waals surface area contributed by atoms with E-state index < -0.39 is 30.2 Å². The number of rotatable bonds is 10. The van der Waals surface area contributed by atoms with Crippen LogP contribution in [0.1, 0.15) is 106 Å². The van der Waals surface area contributed by atoms with E-state index in [1.165, 1.54) is 12.7 Å². The summed E-state index contributed by atoms with van der Waals surface area (Å²) in [5, 5.41) is 43.7. The van der Waals surface area contributed by atoms with Crippen molar-refractivity contribution in [3.05, 3.63) is 23.8 Å². The number of aliphatic hydroxyl groups excluding tert-OH is 3. The number of hydrogen-bond donors (Lipinski definition) is 4. The van der Waals surface area contributed by atoms with E-state index in [0.717, 1.165) is 37.7 Å². The smallest absolute Gasteiger partial charge is 0.305 e. The van der Waals surface area contributed by atoms with Gasteiger partial charge >= 0.3 is 5.97 Å². The molecule has 0 amide bonds.